The van der Waals surface area contributed by atoms with Crippen molar-refractivity contribution >= 4 is 34.5 Å². The molecule has 6 rings (SSSR count). The number of piperidine rings is 1. The molecular weight excluding hydrogens is 508 g/mol. The molecule has 12 heteroatoms. The van der Waals surface area contributed by atoms with Gasteiger partial charge in [0.2, 0.25) is 5.91 Å². The Morgan fingerprint density at radius 2 is 2.14 bits per heavy atom. The molecular formula is C25H28N8O2S2. The first-order valence-corrected chi connectivity index (χ1v) is 14.2. The van der Waals surface area contributed by atoms with Gasteiger partial charge in [-0.15, -0.1) is 32.9 Å². The molecule has 0 radical (unpaired) electrons. The van der Waals surface area contributed by atoms with Crippen LogP contribution in [0, 0.1) is 17.2 Å². The summed E-state index contributed by atoms with van der Waals surface area (Å²) in [5, 5.41) is 30.4. The van der Waals surface area contributed by atoms with Crippen molar-refractivity contribution in [1.29, 1.82) is 5.26 Å². The minimum Gasteiger partial charge on any atom is -0.344 e. The van der Waals surface area contributed by atoms with Crippen molar-refractivity contribution in [2.75, 3.05) is 27.2 Å². The van der Waals surface area contributed by atoms with Crippen LogP contribution in [0.3, 0.4) is 0 Å². The predicted molar refractivity (Wildman–Crippen MR) is 138 cm³/mol. The number of carbonyl (C=O) groups is 2. The molecule has 0 aromatic carbocycles. The van der Waals surface area contributed by atoms with E-state index in [0.717, 1.165) is 41.0 Å². The van der Waals surface area contributed by atoms with Crippen molar-refractivity contribution < 1.29 is 9.59 Å². The lowest BCUT2D eigenvalue weighted by Gasteiger charge is -2.30. The van der Waals surface area contributed by atoms with E-state index in [2.05, 4.69) is 43.5 Å². The van der Waals surface area contributed by atoms with Crippen LogP contribution in [0.25, 0.3) is 0 Å². The van der Waals surface area contributed by atoms with Gasteiger partial charge in [-0.1, -0.05) is 5.21 Å². The Kier molecular flexibility index (Phi) is 6.09. The van der Waals surface area contributed by atoms with Crippen molar-refractivity contribution in [3.63, 3.8) is 0 Å². The molecule has 0 spiro atoms. The molecule has 2 unspecified atom stereocenters. The molecule has 1 saturated carbocycles. The largest absolute Gasteiger partial charge is 0.344 e. The van der Waals surface area contributed by atoms with Crippen molar-refractivity contribution in [3.8, 4) is 6.07 Å². The normalized spacial score (nSPS) is 25.5. The fraction of sp³-hybridized carbons (Fsp3) is 0.520. The first-order chi connectivity index (χ1) is 17.9. The topological polar surface area (TPSA) is 131 Å². The van der Waals surface area contributed by atoms with E-state index >= 15 is 0 Å². The van der Waals surface area contributed by atoms with Crippen molar-refractivity contribution in [2.45, 2.75) is 49.6 Å². The van der Waals surface area contributed by atoms with Crippen molar-refractivity contribution in [1.82, 2.24) is 35.7 Å². The van der Waals surface area contributed by atoms with Gasteiger partial charge in [-0.25, -0.2) is 0 Å². The SMILES string of the molecule is CN(C)C(=O)c1cc2c(s1)C(CCNCC(=O)N1C(C#N)C[C@@H]3C[C@@H]31)(c1nn[nH]n1)c1sccc1CC2. The summed E-state index contributed by atoms with van der Waals surface area (Å²) in [4.78, 5) is 32.2. The van der Waals surface area contributed by atoms with Crippen LogP contribution in [0.2, 0.25) is 0 Å². The highest BCUT2D eigenvalue weighted by Gasteiger charge is 2.54. The summed E-state index contributed by atoms with van der Waals surface area (Å²) >= 11 is 3.18. The van der Waals surface area contributed by atoms with Gasteiger partial charge in [-0.05, 0) is 73.2 Å². The summed E-state index contributed by atoms with van der Waals surface area (Å²) in [6.45, 7) is 0.716. The van der Waals surface area contributed by atoms with E-state index in [-0.39, 0.29) is 30.4 Å². The maximum Gasteiger partial charge on any atom is 0.263 e. The van der Waals surface area contributed by atoms with Gasteiger partial charge in [0.15, 0.2) is 5.82 Å². The third-order valence-electron chi connectivity index (χ3n) is 7.83. The molecule has 2 fully saturated rings. The number of hydrogen-bond donors (Lipinski definition) is 2. The van der Waals surface area contributed by atoms with Crippen molar-refractivity contribution in [2.24, 2.45) is 5.92 Å². The lowest BCUT2D eigenvalue weighted by molar-refractivity contribution is -0.131. The molecule has 1 aliphatic heterocycles. The first-order valence-electron chi connectivity index (χ1n) is 12.5. The Morgan fingerprint density at radius 1 is 1.30 bits per heavy atom. The number of amides is 2. The van der Waals surface area contributed by atoms with Gasteiger partial charge in [-0.3, -0.25) is 9.59 Å². The molecule has 192 valence electrons. The zero-order valence-electron chi connectivity index (χ0n) is 20.7. The Morgan fingerprint density at radius 3 is 2.89 bits per heavy atom. The van der Waals surface area contributed by atoms with Crippen LogP contribution in [0.4, 0.5) is 0 Å². The van der Waals surface area contributed by atoms with Crippen LogP contribution in [-0.2, 0) is 23.1 Å². The molecule has 3 aromatic heterocycles. The van der Waals surface area contributed by atoms with Gasteiger partial charge in [0.1, 0.15) is 11.5 Å². The number of nitriles is 1. The number of H-pyrrole nitrogens is 1. The van der Waals surface area contributed by atoms with E-state index in [9.17, 15) is 14.9 Å². The van der Waals surface area contributed by atoms with Gasteiger partial charge in [-0.2, -0.15) is 10.5 Å². The van der Waals surface area contributed by atoms with Crippen LogP contribution < -0.4 is 5.32 Å². The predicted octanol–water partition coefficient (Wildman–Crippen LogP) is 1.95. The molecule has 2 N–H and O–H groups in total. The van der Waals surface area contributed by atoms with Crippen LogP contribution in [0.1, 0.15) is 55.6 Å². The average molecular weight is 537 g/mol. The first kappa shape index (κ1) is 24.2. The molecule has 10 nitrogen and oxygen atoms in total. The summed E-state index contributed by atoms with van der Waals surface area (Å²) in [6, 6.07) is 6.40. The number of aromatic nitrogens is 4. The van der Waals surface area contributed by atoms with Crippen molar-refractivity contribution in [3.05, 3.63) is 49.1 Å². The highest BCUT2D eigenvalue weighted by Crippen LogP contribution is 2.51. The quantitative estimate of drug-likeness (QED) is 0.441. The molecule has 2 amide bonds. The Balaban J connectivity index is 1.31. The molecule has 4 atom stereocenters. The van der Waals surface area contributed by atoms with E-state index < -0.39 is 5.41 Å². The zero-order chi connectivity index (χ0) is 25.7. The minimum absolute atomic E-state index is 0.0153. The molecule has 1 saturated heterocycles. The zero-order valence-corrected chi connectivity index (χ0v) is 22.4. The van der Waals surface area contributed by atoms with E-state index in [0.29, 0.717) is 29.6 Å². The van der Waals surface area contributed by atoms with Crippen LogP contribution >= 0.6 is 22.7 Å². The Bertz CT molecular complexity index is 1370. The molecule has 4 heterocycles. The number of tetrazole rings is 1. The summed E-state index contributed by atoms with van der Waals surface area (Å²) in [5.41, 5.74) is 1.70. The highest BCUT2D eigenvalue weighted by molar-refractivity contribution is 7.15. The van der Waals surface area contributed by atoms with E-state index in [1.54, 1.807) is 35.2 Å². The Hall–Kier alpha value is -3.14. The monoisotopic (exact) mass is 536 g/mol. The number of aromatic amines is 1. The second kappa shape index (κ2) is 9.31. The number of likely N-dealkylation sites (tertiary alicyclic amines) is 1. The van der Waals surface area contributed by atoms with Gasteiger partial charge >= 0.3 is 0 Å². The number of rotatable bonds is 7. The number of thiophene rings is 2. The van der Waals surface area contributed by atoms with Gasteiger partial charge in [0, 0.05) is 29.9 Å². The second-order valence-corrected chi connectivity index (χ2v) is 12.2. The molecule has 2 aliphatic carbocycles. The summed E-state index contributed by atoms with van der Waals surface area (Å²) in [6.07, 6.45) is 4.11. The van der Waals surface area contributed by atoms with E-state index in [1.807, 2.05) is 6.07 Å². The minimum atomic E-state index is -0.682. The fourth-order valence-electron chi connectivity index (χ4n) is 5.96. The maximum absolute atomic E-state index is 13.0. The van der Waals surface area contributed by atoms with Crippen LogP contribution in [-0.4, -0.2) is 81.5 Å². The molecule has 0 bridgehead atoms. The molecule has 3 aliphatic rings. The lowest BCUT2D eigenvalue weighted by Crippen LogP contribution is -2.43. The van der Waals surface area contributed by atoms with E-state index in [1.165, 1.54) is 16.9 Å². The van der Waals surface area contributed by atoms with Gasteiger partial charge in [0.05, 0.1) is 17.5 Å². The van der Waals surface area contributed by atoms with Gasteiger partial charge < -0.3 is 15.1 Å². The summed E-state index contributed by atoms with van der Waals surface area (Å²) in [5.74, 6) is 1.03. The summed E-state index contributed by atoms with van der Waals surface area (Å²) < 4.78 is 0. The smallest absolute Gasteiger partial charge is 0.263 e. The number of nitrogens with zero attached hydrogens (tertiary/aromatic N) is 6. The molecule has 37 heavy (non-hydrogen) atoms. The number of fused-ring (bicyclic) bond motifs is 3. The second-order valence-electron chi connectivity index (χ2n) is 10.3. The lowest BCUT2D eigenvalue weighted by atomic mass is 9.78. The van der Waals surface area contributed by atoms with Crippen LogP contribution in [0.5, 0.6) is 0 Å². The Labute approximate surface area is 222 Å². The number of hydrogen-bond acceptors (Lipinski definition) is 9. The number of nitrogens with one attached hydrogen (secondary N) is 2. The third kappa shape index (κ3) is 3.96. The average Bonchev–Trinajstić information content (AvgIpc) is 3.41. The summed E-state index contributed by atoms with van der Waals surface area (Å²) in [7, 11) is 3.53. The fourth-order valence-corrected chi connectivity index (χ4v) is 8.66. The van der Waals surface area contributed by atoms with E-state index in [4.69, 9.17) is 0 Å². The van der Waals surface area contributed by atoms with Gasteiger partial charge in [0.25, 0.3) is 5.91 Å². The number of aryl methyl sites for hydroxylation is 2. The maximum atomic E-state index is 13.0. The third-order valence-corrected chi connectivity index (χ3v) is 10.3. The standard InChI is InChI=1S/C25H28N8O2S2/c1-32(2)23(35)19-11-15-4-3-14-5-8-36-21(14)25(22(15)37-19,24-28-30-31-29-24)6-7-27-13-20(34)33-17(12-26)9-16-10-18(16)33/h5,8,11,16-18,27H,3-4,6-7,9-10,13H2,1-2H3,(H,28,29,30,31)/t16-,17?,18+,25?/m1/s1. The number of carbonyl (C=O) groups excluding carboxylic acids is 2. The highest BCUT2D eigenvalue weighted by atomic mass is 32.1. The van der Waals surface area contributed by atoms with Crippen LogP contribution in [0.15, 0.2) is 17.5 Å². The molecule has 3 aromatic rings.